The molecule has 2 fully saturated rings. The van der Waals surface area contributed by atoms with E-state index in [1.165, 1.54) is 11.1 Å². The van der Waals surface area contributed by atoms with Gasteiger partial charge in [0.15, 0.2) is 5.82 Å². The van der Waals surface area contributed by atoms with Crippen LogP contribution >= 0.6 is 0 Å². The number of nitrogens with two attached hydrogens (primary N) is 1. The van der Waals surface area contributed by atoms with Crippen LogP contribution in [0.3, 0.4) is 0 Å². The van der Waals surface area contributed by atoms with Gasteiger partial charge in [0.2, 0.25) is 0 Å². The maximum Gasteiger partial charge on any atom is 0.168 e. The molecule has 0 atom stereocenters. The van der Waals surface area contributed by atoms with Gasteiger partial charge in [0.25, 0.3) is 0 Å². The van der Waals surface area contributed by atoms with Gasteiger partial charge in [-0.05, 0) is 54.3 Å². The van der Waals surface area contributed by atoms with Gasteiger partial charge in [0.05, 0.1) is 13.2 Å². The first-order chi connectivity index (χ1) is 17.0. The molecule has 2 heterocycles. The minimum absolute atomic E-state index is 0.147. The van der Waals surface area contributed by atoms with Crippen molar-refractivity contribution in [1.29, 1.82) is 0 Å². The molecule has 0 bridgehead atoms. The number of ether oxygens (including phenoxy) is 3. The second-order valence-electron chi connectivity index (χ2n) is 9.86. The highest BCUT2D eigenvalue weighted by Crippen LogP contribution is 2.34. The molecule has 0 unspecified atom stereocenters. The molecule has 3 aromatic rings. The number of hydrogen-bond acceptors (Lipinski definition) is 7. The molecule has 1 aliphatic carbocycles. The monoisotopic (exact) mass is 474 g/mol. The first-order valence-electron chi connectivity index (χ1n) is 12.4. The lowest BCUT2D eigenvalue weighted by atomic mass is 9.78. The fourth-order valence-corrected chi connectivity index (χ4v) is 4.55. The van der Waals surface area contributed by atoms with E-state index < -0.39 is 0 Å². The average Bonchev–Trinajstić information content (AvgIpc) is 2.88. The molecule has 7 nitrogen and oxygen atoms in total. The second-order valence-corrected chi connectivity index (χ2v) is 9.86. The van der Waals surface area contributed by atoms with Gasteiger partial charge in [-0.25, -0.2) is 9.97 Å². The van der Waals surface area contributed by atoms with Crippen LogP contribution in [0.2, 0.25) is 0 Å². The van der Waals surface area contributed by atoms with E-state index in [1.54, 1.807) is 6.20 Å². The Morgan fingerprint density at radius 3 is 2.20 bits per heavy atom. The van der Waals surface area contributed by atoms with Gasteiger partial charge in [0, 0.05) is 30.7 Å². The summed E-state index contributed by atoms with van der Waals surface area (Å²) >= 11 is 0. The van der Waals surface area contributed by atoms with Crippen molar-refractivity contribution in [3.63, 3.8) is 0 Å². The minimum Gasteiger partial charge on any atom is -0.490 e. The van der Waals surface area contributed by atoms with Crippen LogP contribution in [-0.4, -0.2) is 48.4 Å². The Hall–Kier alpha value is -3.16. The topological polar surface area (TPSA) is 82.7 Å². The number of nitrogens with zero attached hydrogens (tertiary/aromatic N) is 3. The van der Waals surface area contributed by atoms with E-state index in [1.807, 2.05) is 18.2 Å². The smallest absolute Gasteiger partial charge is 0.168 e. The van der Waals surface area contributed by atoms with Crippen molar-refractivity contribution < 1.29 is 14.2 Å². The highest BCUT2D eigenvalue weighted by molar-refractivity contribution is 5.42. The van der Waals surface area contributed by atoms with Gasteiger partial charge in [-0.2, -0.15) is 0 Å². The summed E-state index contributed by atoms with van der Waals surface area (Å²) in [4.78, 5) is 11.3. The van der Waals surface area contributed by atoms with Gasteiger partial charge >= 0.3 is 0 Å². The zero-order valence-corrected chi connectivity index (χ0v) is 20.5. The number of aromatic nitrogens is 2. The number of rotatable bonds is 8. The molecule has 0 amide bonds. The maximum absolute atomic E-state index is 6.00. The van der Waals surface area contributed by atoms with E-state index in [2.05, 4.69) is 65.1 Å². The number of anilines is 1. The normalized spacial score (nSPS) is 20.3. The first-order valence-corrected chi connectivity index (χ1v) is 12.4. The van der Waals surface area contributed by atoms with Crippen LogP contribution in [0.15, 0.2) is 60.8 Å². The molecule has 1 aromatic heterocycles. The van der Waals surface area contributed by atoms with Crippen molar-refractivity contribution >= 4 is 5.82 Å². The molecule has 1 aliphatic heterocycles. The molecule has 2 N–H and O–H groups in total. The molecule has 0 spiro atoms. The van der Waals surface area contributed by atoms with E-state index in [0.717, 1.165) is 56.5 Å². The predicted molar refractivity (Wildman–Crippen MR) is 136 cm³/mol. The van der Waals surface area contributed by atoms with Crippen molar-refractivity contribution in [1.82, 2.24) is 9.97 Å². The molecular formula is C28H34N4O3. The Morgan fingerprint density at radius 2 is 1.57 bits per heavy atom. The molecule has 1 saturated carbocycles. The van der Waals surface area contributed by atoms with E-state index >= 15 is 0 Å². The molecule has 5 rings (SSSR count). The van der Waals surface area contributed by atoms with Crippen molar-refractivity contribution in [2.45, 2.75) is 50.9 Å². The molecule has 184 valence electrons. The first kappa shape index (κ1) is 23.6. The van der Waals surface area contributed by atoms with Gasteiger partial charge in [-0.15, -0.1) is 0 Å². The largest absolute Gasteiger partial charge is 0.490 e. The van der Waals surface area contributed by atoms with Crippen molar-refractivity contribution in [2.24, 2.45) is 5.73 Å². The molecular weight excluding hydrogens is 440 g/mol. The Kier molecular flexibility index (Phi) is 6.88. The van der Waals surface area contributed by atoms with Crippen LogP contribution < -0.4 is 20.1 Å². The van der Waals surface area contributed by atoms with Crippen LogP contribution in [0, 0.1) is 0 Å². The second kappa shape index (κ2) is 10.2. The minimum atomic E-state index is -0.147. The Morgan fingerprint density at radius 1 is 0.943 bits per heavy atom. The lowest BCUT2D eigenvalue weighted by Crippen LogP contribution is -2.43. The van der Waals surface area contributed by atoms with Gasteiger partial charge in [0.1, 0.15) is 30.0 Å². The van der Waals surface area contributed by atoms with E-state index in [9.17, 15) is 0 Å². The standard InChI is InChI=1S/C28H34N4O3/c1-28(2,21-5-9-24(10-6-21)35-25-17-22(29)18-25)20-3-7-23(8-4-20)34-19-26-30-12-11-27(31-26)32-13-15-33-16-14-32/h3-12,22,25H,13-19,29H2,1-2H3/t22-,25-. The zero-order valence-electron chi connectivity index (χ0n) is 20.5. The predicted octanol–water partition coefficient (Wildman–Crippen LogP) is 4.09. The summed E-state index contributed by atoms with van der Waals surface area (Å²) < 4.78 is 17.4. The highest BCUT2D eigenvalue weighted by Gasteiger charge is 2.28. The summed E-state index contributed by atoms with van der Waals surface area (Å²) in [5.74, 6) is 3.30. The quantitative estimate of drug-likeness (QED) is 0.527. The zero-order chi connectivity index (χ0) is 24.3. The third kappa shape index (κ3) is 5.57. The van der Waals surface area contributed by atoms with Crippen molar-refractivity contribution in [3.05, 3.63) is 77.7 Å². The molecule has 35 heavy (non-hydrogen) atoms. The SMILES string of the molecule is CC(C)(c1ccc(OCc2nccc(N3CCOCC3)n2)cc1)c1ccc(O[C@H]2C[C@H](N)C2)cc1. The summed E-state index contributed by atoms with van der Waals surface area (Å²) in [6, 6.07) is 18.9. The summed E-state index contributed by atoms with van der Waals surface area (Å²) in [6.07, 6.45) is 3.92. The van der Waals surface area contributed by atoms with Crippen LogP contribution in [0.1, 0.15) is 43.6 Å². The van der Waals surface area contributed by atoms with Gasteiger partial charge in [-0.3, -0.25) is 0 Å². The lowest BCUT2D eigenvalue weighted by molar-refractivity contribution is 0.101. The van der Waals surface area contributed by atoms with Gasteiger partial charge in [-0.1, -0.05) is 38.1 Å². The number of benzene rings is 2. The van der Waals surface area contributed by atoms with Crippen LogP contribution in [0.4, 0.5) is 5.82 Å². The van der Waals surface area contributed by atoms with Crippen molar-refractivity contribution in [2.75, 3.05) is 31.2 Å². The van der Waals surface area contributed by atoms with Crippen molar-refractivity contribution in [3.8, 4) is 11.5 Å². The summed E-state index contributed by atoms with van der Waals surface area (Å²) in [6.45, 7) is 7.94. The Balaban J connectivity index is 1.19. The third-order valence-corrected chi connectivity index (χ3v) is 6.98. The highest BCUT2D eigenvalue weighted by atomic mass is 16.5. The third-order valence-electron chi connectivity index (χ3n) is 6.98. The average molecular weight is 475 g/mol. The summed E-state index contributed by atoms with van der Waals surface area (Å²) in [7, 11) is 0. The number of morpholine rings is 1. The Labute approximate surface area is 207 Å². The molecule has 0 radical (unpaired) electrons. The van der Waals surface area contributed by atoms with E-state index in [0.29, 0.717) is 12.4 Å². The van der Waals surface area contributed by atoms with Gasteiger partial charge < -0.3 is 24.8 Å². The molecule has 2 aromatic carbocycles. The van der Waals surface area contributed by atoms with Crippen LogP contribution in [0.25, 0.3) is 0 Å². The Bertz CT molecular complexity index is 1110. The number of hydrogen-bond donors (Lipinski definition) is 1. The summed E-state index contributed by atoms with van der Waals surface area (Å²) in [5.41, 5.74) is 8.16. The maximum atomic E-state index is 6.00. The van der Waals surface area contributed by atoms with Crippen LogP contribution in [0.5, 0.6) is 11.5 Å². The molecule has 7 heteroatoms. The van der Waals surface area contributed by atoms with Crippen LogP contribution in [-0.2, 0) is 16.8 Å². The molecule has 1 saturated heterocycles. The molecule has 2 aliphatic rings. The van der Waals surface area contributed by atoms with E-state index in [-0.39, 0.29) is 17.6 Å². The lowest BCUT2D eigenvalue weighted by Gasteiger charge is -2.33. The summed E-state index contributed by atoms with van der Waals surface area (Å²) in [5, 5.41) is 0. The van der Waals surface area contributed by atoms with E-state index in [4.69, 9.17) is 19.9 Å². The fraction of sp³-hybridized carbons (Fsp3) is 0.429. The fourth-order valence-electron chi connectivity index (χ4n) is 4.55.